The average Bonchev–Trinajstić information content (AvgIpc) is 2.86. The Bertz CT molecular complexity index is 320. The SMILES string of the molecule is CC(C)[C@H]1OC(C)(C)O[C@@H]1C[C@@H](C)CC1SC=CS1. The second-order valence-electron chi connectivity index (χ2n) is 6.43. The Labute approximate surface area is 126 Å². The summed E-state index contributed by atoms with van der Waals surface area (Å²) < 4.78 is 12.9. The van der Waals surface area contributed by atoms with Gasteiger partial charge in [-0.15, -0.1) is 23.5 Å². The topological polar surface area (TPSA) is 18.5 Å². The number of rotatable bonds is 5. The van der Waals surface area contributed by atoms with Crippen molar-refractivity contribution >= 4 is 23.5 Å². The zero-order chi connectivity index (χ0) is 14.0. The second-order valence-corrected chi connectivity index (χ2v) is 8.96. The third kappa shape index (κ3) is 4.42. The van der Waals surface area contributed by atoms with Gasteiger partial charge >= 0.3 is 0 Å². The van der Waals surface area contributed by atoms with E-state index in [2.05, 4.69) is 31.6 Å². The largest absolute Gasteiger partial charge is 0.345 e. The van der Waals surface area contributed by atoms with Crippen LogP contribution in [0.15, 0.2) is 10.8 Å². The molecule has 0 aromatic heterocycles. The van der Waals surface area contributed by atoms with Gasteiger partial charge in [0.15, 0.2) is 5.79 Å². The Balaban J connectivity index is 1.85. The van der Waals surface area contributed by atoms with Crippen LogP contribution in [0.1, 0.15) is 47.5 Å². The molecule has 3 atom stereocenters. The van der Waals surface area contributed by atoms with Gasteiger partial charge in [0, 0.05) is 0 Å². The third-order valence-corrected chi connectivity index (χ3v) is 6.04. The molecule has 0 aliphatic carbocycles. The molecule has 0 amide bonds. The Morgan fingerprint density at radius 3 is 2.26 bits per heavy atom. The number of hydrogen-bond donors (Lipinski definition) is 0. The van der Waals surface area contributed by atoms with E-state index in [-0.39, 0.29) is 12.2 Å². The maximum absolute atomic E-state index is 6.11. The summed E-state index contributed by atoms with van der Waals surface area (Å²) in [6, 6.07) is 0. The first-order valence-electron chi connectivity index (χ1n) is 7.19. The summed E-state index contributed by atoms with van der Waals surface area (Å²) in [4.78, 5) is 0. The third-order valence-electron chi connectivity index (χ3n) is 3.62. The minimum absolute atomic E-state index is 0.236. The molecule has 0 radical (unpaired) electrons. The number of hydrogen-bond acceptors (Lipinski definition) is 4. The lowest BCUT2D eigenvalue weighted by molar-refractivity contribution is -0.150. The van der Waals surface area contributed by atoms with Gasteiger partial charge in [0.05, 0.1) is 16.8 Å². The molecule has 0 aromatic carbocycles. The normalized spacial score (nSPS) is 32.3. The van der Waals surface area contributed by atoms with Gasteiger partial charge < -0.3 is 9.47 Å². The van der Waals surface area contributed by atoms with Crippen LogP contribution in [0.3, 0.4) is 0 Å². The Kier molecular flexibility index (Phi) is 5.32. The van der Waals surface area contributed by atoms with Crippen molar-refractivity contribution in [1.29, 1.82) is 0 Å². The van der Waals surface area contributed by atoms with Crippen LogP contribution in [0.2, 0.25) is 0 Å². The van der Waals surface area contributed by atoms with E-state index in [0.29, 0.717) is 16.4 Å². The molecule has 0 unspecified atom stereocenters. The predicted molar refractivity (Wildman–Crippen MR) is 85.2 cm³/mol. The Morgan fingerprint density at radius 1 is 1.05 bits per heavy atom. The summed E-state index contributed by atoms with van der Waals surface area (Å²) in [5.41, 5.74) is 0. The Morgan fingerprint density at radius 2 is 1.68 bits per heavy atom. The molecular formula is C15H26O2S2. The van der Waals surface area contributed by atoms with E-state index in [1.54, 1.807) is 0 Å². The summed E-state index contributed by atoms with van der Waals surface area (Å²) in [6.07, 6.45) is 2.82. The highest BCUT2D eigenvalue weighted by Gasteiger charge is 2.43. The molecular weight excluding hydrogens is 276 g/mol. The van der Waals surface area contributed by atoms with Crippen molar-refractivity contribution in [2.75, 3.05) is 0 Å². The molecule has 0 N–H and O–H groups in total. The fourth-order valence-corrected chi connectivity index (χ4v) is 5.20. The van der Waals surface area contributed by atoms with Crippen molar-refractivity contribution in [3.8, 4) is 0 Å². The standard InChI is InChI=1S/C15H26O2S2/c1-10(2)14-12(16-15(4,5)17-14)8-11(3)9-13-18-6-7-19-13/h6-7,10-14H,8-9H2,1-5H3/t11-,12-,14-/m1/s1. The van der Waals surface area contributed by atoms with Crippen LogP contribution in [0.4, 0.5) is 0 Å². The molecule has 1 saturated heterocycles. The first-order chi connectivity index (χ1) is 8.87. The van der Waals surface area contributed by atoms with E-state index in [1.807, 2.05) is 37.4 Å². The molecule has 2 rings (SSSR count). The first kappa shape index (κ1) is 15.7. The van der Waals surface area contributed by atoms with E-state index in [0.717, 1.165) is 6.42 Å². The summed E-state index contributed by atoms with van der Waals surface area (Å²) in [5, 5.41) is 4.41. The van der Waals surface area contributed by atoms with Crippen LogP contribution in [0.25, 0.3) is 0 Å². The van der Waals surface area contributed by atoms with Gasteiger partial charge in [0.2, 0.25) is 0 Å². The van der Waals surface area contributed by atoms with E-state index in [1.165, 1.54) is 6.42 Å². The van der Waals surface area contributed by atoms with Gasteiger partial charge in [-0.25, -0.2) is 0 Å². The number of ether oxygens (including phenoxy) is 2. The molecule has 110 valence electrons. The van der Waals surface area contributed by atoms with Gasteiger partial charge in [-0.3, -0.25) is 0 Å². The van der Waals surface area contributed by atoms with Gasteiger partial charge in [0.25, 0.3) is 0 Å². The molecule has 1 fully saturated rings. The second kappa shape index (κ2) is 6.42. The zero-order valence-corrected chi connectivity index (χ0v) is 14.2. The summed E-state index contributed by atoms with van der Waals surface area (Å²) >= 11 is 3.89. The van der Waals surface area contributed by atoms with Crippen molar-refractivity contribution < 1.29 is 9.47 Å². The lowest BCUT2D eigenvalue weighted by Crippen LogP contribution is -2.29. The lowest BCUT2D eigenvalue weighted by Gasteiger charge is -2.24. The maximum atomic E-state index is 6.11. The molecule has 2 nitrogen and oxygen atoms in total. The predicted octanol–water partition coefficient (Wildman–Crippen LogP) is 4.86. The van der Waals surface area contributed by atoms with Crippen LogP contribution in [-0.4, -0.2) is 22.6 Å². The van der Waals surface area contributed by atoms with Crippen molar-refractivity contribution in [2.24, 2.45) is 11.8 Å². The van der Waals surface area contributed by atoms with Crippen LogP contribution >= 0.6 is 23.5 Å². The summed E-state index contributed by atoms with van der Waals surface area (Å²) in [5.74, 6) is 0.766. The van der Waals surface area contributed by atoms with Crippen molar-refractivity contribution in [3.63, 3.8) is 0 Å². The quantitative estimate of drug-likeness (QED) is 0.722. The van der Waals surface area contributed by atoms with Crippen LogP contribution in [0.5, 0.6) is 0 Å². The molecule has 19 heavy (non-hydrogen) atoms. The van der Waals surface area contributed by atoms with Crippen LogP contribution < -0.4 is 0 Å². The van der Waals surface area contributed by atoms with Gasteiger partial charge in [-0.05, 0) is 49.3 Å². The van der Waals surface area contributed by atoms with Crippen molar-refractivity contribution in [2.45, 2.75) is 70.0 Å². The summed E-state index contributed by atoms with van der Waals surface area (Å²) in [7, 11) is 0. The molecule has 2 aliphatic rings. The van der Waals surface area contributed by atoms with E-state index in [4.69, 9.17) is 9.47 Å². The van der Waals surface area contributed by atoms with Gasteiger partial charge in [0.1, 0.15) is 0 Å². The molecule has 0 aromatic rings. The van der Waals surface area contributed by atoms with E-state index < -0.39 is 5.79 Å². The molecule has 4 heteroatoms. The van der Waals surface area contributed by atoms with Gasteiger partial charge in [-0.1, -0.05) is 20.8 Å². The average molecular weight is 303 g/mol. The van der Waals surface area contributed by atoms with Crippen molar-refractivity contribution in [3.05, 3.63) is 10.8 Å². The molecule has 0 spiro atoms. The van der Waals surface area contributed by atoms with Crippen molar-refractivity contribution in [1.82, 2.24) is 0 Å². The molecule has 2 heterocycles. The zero-order valence-electron chi connectivity index (χ0n) is 12.6. The maximum Gasteiger partial charge on any atom is 0.163 e. The highest BCUT2D eigenvalue weighted by Crippen LogP contribution is 2.40. The minimum atomic E-state index is -0.419. The summed E-state index contributed by atoms with van der Waals surface area (Å²) in [6.45, 7) is 10.8. The smallest absolute Gasteiger partial charge is 0.163 e. The molecule has 0 saturated carbocycles. The monoisotopic (exact) mass is 302 g/mol. The lowest BCUT2D eigenvalue weighted by atomic mass is 9.93. The van der Waals surface area contributed by atoms with Crippen LogP contribution in [0, 0.1) is 11.8 Å². The highest BCUT2D eigenvalue weighted by molar-refractivity contribution is 8.22. The highest BCUT2D eigenvalue weighted by atomic mass is 32.2. The van der Waals surface area contributed by atoms with E-state index in [9.17, 15) is 0 Å². The number of thioether (sulfide) groups is 2. The van der Waals surface area contributed by atoms with Crippen LogP contribution in [-0.2, 0) is 9.47 Å². The fraction of sp³-hybridized carbons (Fsp3) is 0.867. The molecule has 2 aliphatic heterocycles. The van der Waals surface area contributed by atoms with Gasteiger partial charge in [-0.2, -0.15) is 0 Å². The Hall–Kier alpha value is 0.360. The fourth-order valence-electron chi connectivity index (χ4n) is 2.81. The minimum Gasteiger partial charge on any atom is -0.345 e. The first-order valence-corrected chi connectivity index (χ1v) is 9.07. The van der Waals surface area contributed by atoms with E-state index >= 15 is 0 Å². The molecule has 0 bridgehead atoms.